The molecule has 6 heterocycles. The number of hydrogen-bond acceptors (Lipinski definition) is 10. The number of anilines is 1. The van der Waals surface area contributed by atoms with E-state index in [4.69, 9.17) is 14.6 Å². The first kappa shape index (κ1) is 35.2. The van der Waals surface area contributed by atoms with Crippen LogP contribution in [0.2, 0.25) is 0 Å². The van der Waals surface area contributed by atoms with Crippen molar-refractivity contribution in [2.45, 2.75) is 64.1 Å². The summed E-state index contributed by atoms with van der Waals surface area (Å²) in [5.41, 5.74) is 4.99. The lowest BCUT2D eigenvalue weighted by Crippen LogP contribution is -2.52. The van der Waals surface area contributed by atoms with Crippen LogP contribution >= 0.6 is 0 Å². The van der Waals surface area contributed by atoms with Crippen molar-refractivity contribution in [3.63, 3.8) is 0 Å². The van der Waals surface area contributed by atoms with Crippen molar-refractivity contribution >= 4 is 46.4 Å². The Morgan fingerprint density at radius 3 is 2.67 bits per heavy atom. The van der Waals surface area contributed by atoms with Crippen molar-refractivity contribution in [3.8, 4) is 11.5 Å². The van der Waals surface area contributed by atoms with Gasteiger partial charge in [-0.2, -0.15) is 10.2 Å². The van der Waals surface area contributed by atoms with Gasteiger partial charge in [-0.25, -0.2) is 9.50 Å². The van der Waals surface area contributed by atoms with Gasteiger partial charge in [-0.1, -0.05) is 0 Å². The molecule has 2 aromatic carbocycles. The number of rotatable bonds is 11. The summed E-state index contributed by atoms with van der Waals surface area (Å²) in [6.07, 6.45) is 13.1. The molecule has 9 rings (SSSR count). The molecule has 1 atom stereocenters. The first-order chi connectivity index (χ1) is 26.3. The van der Waals surface area contributed by atoms with Gasteiger partial charge in [-0.15, -0.1) is 0 Å². The summed E-state index contributed by atoms with van der Waals surface area (Å²) in [7, 11) is 0. The number of piperidine rings is 2. The van der Waals surface area contributed by atoms with E-state index >= 15 is 0 Å². The smallest absolute Gasteiger partial charge is 0.255 e. The lowest BCUT2D eigenvalue weighted by Gasteiger charge is -2.31. The first-order valence-electron chi connectivity index (χ1n) is 18.6. The van der Waals surface area contributed by atoms with Crippen LogP contribution in [0.5, 0.6) is 11.5 Å². The summed E-state index contributed by atoms with van der Waals surface area (Å²) in [5, 5.41) is 15.0. The monoisotopic (exact) mass is 733 g/mol. The molecular weight excluding hydrogens is 690 g/mol. The largest absolute Gasteiger partial charge is 0.492 e. The third-order valence-corrected chi connectivity index (χ3v) is 10.6. The van der Waals surface area contributed by atoms with Crippen molar-refractivity contribution in [2.75, 3.05) is 38.2 Å². The third-order valence-electron chi connectivity index (χ3n) is 10.6. The highest BCUT2D eigenvalue weighted by atomic mass is 16.5. The molecule has 2 saturated heterocycles. The summed E-state index contributed by atoms with van der Waals surface area (Å²) >= 11 is 0. The van der Waals surface area contributed by atoms with Crippen molar-refractivity contribution in [1.29, 1.82) is 0 Å². The van der Waals surface area contributed by atoms with Crippen LogP contribution in [0.3, 0.4) is 0 Å². The van der Waals surface area contributed by atoms with Crippen LogP contribution in [0, 0.1) is 12.8 Å². The molecule has 280 valence electrons. The second-order valence-corrected chi connectivity index (χ2v) is 14.4. The molecule has 4 aliphatic rings. The molecule has 1 aliphatic carbocycles. The number of nitrogens with zero attached hydrogens (tertiary/aromatic N) is 7. The molecule has 3 aliphatic heterocycles. The minimum atomic E-state index is -0.625. The molecule has 1 saturated carbocycles. The average molecular weight is 734 g/mol. The molecular formula is C39H43N9O6. The molecule has 0 radical (unpaired) electrons. The van der Waals surface area contributed by atoms with Crippen molar-refractivity contribution in [1.82, 2.24) is 39.5 Å². The fourth-order valence-electron chi connectivity index (χ4n) is 7.33. The van der Waals surface area contributed by atoms with E-state index in [1.807, 2.05) is 43.6 Å². The number of likely N-dealkylation sites (tertiary alicyclic amines) is 1. The fourth-order valence-corrected chi connectivity index (χ4v) is 7.33. The Morgan fingerprint density at radius 2 is 1.89 bits per heavy atom. The molecule has 0 spiro atoms. The van der Waals surface area contributed by atoms with Crippen LogP contribution < -0.4 is 20.1 Å². The first-order valence-corrected chi connectivity index (χ1v) is 18.6. The van der Waals surface area contributed by atoms with Crippen LogP contribution in [0.4, 0.5) is 5.69 Å². The quantitative estimate of drug-likeness (QED) is 0.150. The predicted molar refractivity (Wildman–Crippen MR) is 198 cm³/mol. The Bertz CT molecular complexity index is 2200. The van der Waals surface area contributed by atoms with Crippen LogP contribution in [0.15, 0.2) is 61.2 Å². The molecule has 3 aromatic heterocycles. The Labute approximate surface area is 311 Å². The number of aryl methyl sites for hydroxylation is 1. The highest BCUT2D eigenvalue weighted by Crippen LogP contribution is 2.35. The van der Waals surface area contributed by atoms with E-state index in [0.29, 0.717) is 67.3 Å². The van der Waals surface area contributed by atoms with Gasteiger partial charge in [0.15, 0.2) is 5.65 Å². The lowest BCUT2D eigenvalue weighted by molar-refractivity contribution is -0.136. The summed E-state index contributed by atoms with van der Waals surface area (Å²) < 4.78 is 15.9. The normalized spacial score (nSPS) is 19.0. The molecule has 0 bridgehead atoms. The Kier molecular flexibility index (Phi) is 9.95. The number of ether oxygens (including phenoxy) is 2. The van der Waals surface area contributed by atoms with Crippen LogP contribution in [0.1, 0.15) is 66.1 Å². The van der Waals surface area contributed by atoms with Crippen LogP contribution in [-0.2, 0) is 20.9 Å². The number of fused-ring (bicyclic) bond motifs is 3. The summed E-state index contributed by atoms with van der Waals surface area (Å²) in [6, 6.07) is 10.8. The van der Waals surface area contributed by atoms with Gasteiger partial charge in [-0.05, 0) is 80.8 Å². The fraction of sp³-hybridized carbons (Fsp3) is 0.410. The van der Waals surface area contributed by atoms with Crippen molar-refractivity contribution in [3.05, 3.63) is 77.9 Å². The van der Waals surface area contributed by atoms with E-state index in [1.54, 1.807) is 27.7 Å². The zero-order valence-corrected chi connectivity index (χ0v) is 30.1. The highest BCUT2D eigenvalue weighted by molar-refractivity contribution is 6.05. The summed E-state index contributed by atoms with van der Waals surface area (Å²) in [5.74, 6) is 1.08. The summed E-state index contributed by atoms with van der Waals surface area (Å²) in [4.78, 5) is 56.0. The maximum absolute atomic E-state index is 12.9. The number of hydrogen-bond donors (Lipinski definition) is 2. The van der Waals surface area contributed by atoms with Gasteiger partial charge in [0.2, 0.25) is 18.2 Å². The SMILES string of the molecule is Cc1cnn2cccnc12.O=CNc1cc2cn(C3CCN(CCOc4ccc5c(c4)CN(C4CCC(=O)NC4=O)C5=O)CC3)nc2cc1OCC1CC1. The predicted octanol–water partition coefficient (Wildman–Crippen LogP) is 3.91. The number of imide groups is 1. The average Bonchev–Trinajstić information content (AvgIpc) is 3.67. The topological polar surface area (TPSA) is 165 Å². The molecule has 5 aromatic rings. The van der Waals surface area contributed by atoms with E-state index in [-0.39, 0.29) is 18.2 Å². The maximum atomic E-state index is 12.9. The molecule has 1 unspecified atom stereocenters. The molecule has 15 heteroatoms. The van der Waals surface area contributed by atoms with E-state index < -0.39 is 11.9 Å². The number of nitrogens with one attached hydrogen (secondary N) is 2. The van der Waals surface area contributed by atoms with Gasteiger partial charge < -0.3 is 19.7 Å². The van der Waals surface area contributed by atoms with Gasteiger partial charge in [0.1, 0.15) is 24.1 Å². The number of carbonyl (C=O) groups excluding carboxylic acids is 4. The second-order valence-electron chi connectivity index (χ2n) is 14.4. The Hall–Kier alpha value is -5.83. The molecule has 54 heavy (non-hydrogen) atoms. The van der Waals surface area contributed by atoms with E-state index in [0.717, 1.165) is 60.2 Å². The second kappa shape index (κ2) is 15.3. The van der Waals surface area contributed by atoms with Crippen LogP contribution in [-0.4, -0.2) is 97.2 Å². The number of carbonyl (C=O) groups is 4. The number of aromatic nitrogens is 5. The van der Waals surface area contributed by atoms with E-state index in [1.165, 1.54) is 12.8 Å². The zero-order valence-electron chi connectivity index (χ0n) is 30.1. The van der Waals surface area contributed by atoms with E-state index in [2.05, 4.69) is 36.5 Å². The highest BCUT2D eigenvalue weighted by Gasteiger charge is 2.39. The number of benzene rings is 2. The van der Waals surface area contributed by atoms with Gasteiger partial charge >= 0.3 is 0 Å². The molecule has 3 fully saturated rings. The van der Waals surface area contributed by atoms with Gasteiger partial charge in [-0.3, -0.25) is 34.1 Å². The Balaban J connectivity index is 0.000000356. The summed E-state index contributed by atoms with van der Waals surface area (Å²) in [6.45, 7) is 6.16. The van der Waals surface area contributed by atoms with Crippen molar-refractivity contribution in [2.24, 2.45) is 5.92 Å². The van der Waals surface area contributed by atoms with E-state index in [9.17, 15) is 19.2 Å². The molecule has 4 amide bonds. The van der Waals surface area contributed by atoms with Gasteiger partial charge in [0, 0.05) is 73.8 Å². The van der Waals surface area contributed by atoms with Crippen LogP contribution in [0.25, 0.3) is 16.6 Å². The minimum absolute atomic E-state index is 0.186. The number of amides is 4. The Morgan fingerprint density at radius 1 is 1.04 bits per heavy atom. The van der Waals surface area contributed by atoms with Gasteiger partial charge in [0.05, 0.1) is 30.0 Å². The standard InChI is InChI=1S/C32H36N6O6.C7H7N3/c39-19-33-27-14-22-17-38(35-26(22)15-29(27)44-18-20-1-2-20)23-7-9-36(10-8-23)11-12-43-24-3-4-25-21(13-24)16-37(32(25)42)28-5-6-30(40)34-31(28)41;1-6-5-9-10-4-2-3-8-7(6)10/h3-4,13-15,17,19-20,23,28H,1-2,5-12,16,18H2,(H,33,39)(H,34,40,41);2-5H,1H3. The molecule has 2 N–H and O–H groups in total. The molecule has 15 nitrogen and oxygen atoms in total. The maximum Gasteiger partial charge on any atom is 0.255 e. The minimum Gasteiger partial charge on any atom is -0.492 e. The van der Waals surface area contributed by atoms with Gasteiger partial charge in [0.25, 0.3) is 5.91 Å². The van der Waals surface area contributed by atoms with Crippen molar-refractivity contribution < 1.29 is 28.7 Å². The zero-order chi connectivity index (χ0) is 37.2. The lowest BCUT2D eigenvalue weighted by atomic mass is 10.0. The third kappa shape index (κ3) is 7.62.